The largest absolute Gasteiger partial charge is 0.411 e. The van der Waals surface area contributed by atoms with E-state index in [4.69, 9.17) is 16.0 Å². The summed E-state index contributed by atoms with van der Waals surface area (Å²) >= 11 is 5.76. The van der Waals surface area contributed by atoms with Gasteiger partial charge in [-0.15, -0.1) is 5.10 Å². The predicted molar refractivity (Wildman–Crippen MR) is 79.7 cm³/mol. The summed E-state index contributed by atoms with van der Waals surface area (Å²) in [6, 6.07) is 6.96. The Bertz CT molecular complexity index is 797. The van der Waals surface area contributed by atoms with Crippen molar-refractivity contribution in [1.82, 2.24) is 15.5 Å². The Labute approximate surface area is 131 Å². The standard InChI is InChI=1S/C13H12ClN3O4S/c1-22(19,20)13-17-16-12(21-13)8-15-11(18)7-4-9-2-5-10(14)6-3-9/h2-7H,8H2,1H3,(H,15,18)/b7-4+. The van der Waals surface area contributed by atoms with Crippen molar-refractivity contribution in [3.05, 3.63) is 46.8 Å². The van der Waals surface area contributed by atoms with E-state index >= 15 is 0 Å². The van der Waals surface area contributed by atoms with Gasteiger partial charge < -0.3 is 9.73 Å². The maximum absolute atomic E-state index is 11.6. The average Bonchev–Trinajstić information content (AvgIpc) is 2.93. The van der Waals surface area contributed by atoms with Crippen LogP contribution in [0.25, 0.3) is 6.08 Å². The van der Waals surface area contributed by atoms with Gasteiger partial charge in [0.05, 0.1) is 6.54 Å². The predicted octanol–water partition coefficient (Wildman–Crippen LogP) is 1.46. The highest BCUT2D eigenvalue weighted by molar-refractivity contribution is 7.90. The highest BCUT2D eigenvalue weighted by Gasteiger charge is 2.16. The Morgan fingerprint density at radius 3 is 2.59 bits per heavy atom. The maximum Gasteiger partial charge on any atom is 0.335 e. The minimum absolute atomic E-state index is 0.00803. The van der Waals surface area contributed by atoms with Crippen LogP contribution in [0.4, 0.5) is 0 Å². The van der Waals surface area contributed by atoms with Crippen LogP contribution in [0.3, 0.4) is 0 Å². The van der Waals surface area contributed by atoms with E-state index in [2.05, 4.69) is 15.5 Å². The number of aromatic nitrogens is 2. The van der Waals surface area contributed by atoms with Gasteiger partial charge in [-0.1, -0.05) is 28.8 Å². The summed E-state index contributed by atoms with van der Waals surface area (Å²) in [7, 11) is -3.55. The Balaban J connectivity index is 1.90. The minimum Gasteiger partial charge on any atom is -0.411 e. The van der Waals surface area contributed by atoms with Crippen molar-refractivity contribution in [2.24, 2.45) is 0 Å². The molecule has 1 heterocycles. The Morgan fingerprint density at radius 2 is 2.00 bits per heavy atom. The van der Waals surface area contributed by atoms with Gasteiger partial charge in [0.2, 0.25) is 21.6 Å². The SMILES string of the molecule is CS(=O)(=O)c1nnc(CNC(=O)/C=C/c2ccc(Cl)cc2)o1. The molecule has 0 saturated heterocycles. The van der Waals surface area contributed by atoms with E-state index in [9.17, 15) is 13.2 Å². The van der Waals surface area contributed by atoms with Crippen LogP contribution < -0.4 is 5.32 Å². The van der Waals surface area contributed by atoms with E-state index in [0.29, 0.717) is 5.02 Å². The number of hydrogen-bond acceptors (Lipinski definition) is 6. The molecule has 116 valence electrons. The lowest BCUT2D eigenvalue weighted by atomic mass is 10.2. The zero-order valence-electron chi connectivity index (χ0n) is 11.5. The number of carbonyl (C=O) groups is 1. The van der Waals surface area contributed by atoms with Gasteiger partial charge in [-0.25, -0.2) is 8.42 Å². The van der Waals surface area contributed by atoms with Crippen molar-refractivity contribution in [2.45, 2.75) is 11.8 Å². The first-order chi connectivity index (χ1) is 10.3. The third-order valence-corrected chi connectivity index (χ3v) is 3.53. The van der Waals surface area contributed by atoms with Gasteiger partial charge in [-0.3, -0.25) is 4.79 Å². The van der Waals surface area contributed by atoms with E-state index in [0.717, 1.165) is 11.8 Å². The molecule has 0 aliphatic rings. The summed E-state index contributed by atoms with van der Waals surface area (Å²) in [6.45, 7) is -0.0632. The van der Waals surface area contributed by atoms with Gasteiger partial charge in [0.1, 0.15) is 0 Å². The second-order valence-electron chi connectivity index (χ2n) is 4.34. The van der Waals surface area contributed by atoms with Gasteiger partial charge in [0, 0.05) is 17.4 Å². The Morgan fingerprint density at radius 1 is 1.32 bits per heavy atom. The molecule has 9 heteroatoms. The van der Waals surface area contributed by atoms with Crippen LogP contribution in [0.5, 0.6) is 0 Å². The van der Waals surface area contributed by atoms with Crippen LogP contribution in [0, 0.1) is 0 Å². The number of carbonyl (C=O) groups excluding carboxylic acids is 1. The molecular weight excluding hydrogens is 330 g/mol. The minimum atomic E-state index is -3.55. The molecule has 2 rings (SSSR count). The molecule has 0 saturated carbocycles. The van der Waals surface area contributed by atoms with Crippen molar-refractivity contribution < 1.29 is 17.6 Å². The molecule has 0 spiro atoms. The first kappa shape index (κ1) is 16.2. The van der Waals surface area contributed by atoms with E-state index in [1.54, 1.807) is 30.3 Å². The molecule has 0 bridgehead atoms. The van der Waals surface area contributed by atoms with E-state index in [1.165, 1.54) is 6.08 Å². The first-order valence-electron chi connectivity index (χ1n) is 6.08. The van der Waals surface area contributed by atoms with Crippen LogP contribution in [0.15, 0.2) is 40.0 Å². The highest BCUT2D eigenvalue weighted by atomic mass is 35.5. The third-order valence-electron chi connectivity index (χ3n) is 2.48. The van der Waals surface area contributed by atoms with Gasteiger partial charge in [-0.2, -0.15) is 0 Å². The fourth-order valence-corrected chi connectivity index (χ4v) is 1.99. The van der Waals surface area contributed by atoms with Crippen LogP contribution in [-0.4, -0.2) is 30.8 Å². The maximum atomic E-state index is 11.6. The molecule has 2 aromatic rings. The smallest absolute Gasteiger partial charge is 0.335 e. The molecule has 0 radical (unpaired) electrons. The fourth-order valence-electron chi connectivity index (χ4n) is 1.43. The van der Waals surface area contributed by atoms with E-state index < -0.39 is 15.1 Å². The normalized spacial score (nSPS) is 11.7. The lowest BCUT2D eigenvalue weighted by molar-refractivity contribution is -0.116. The zero-order valence-corrected chi connectivity index (χ0v) is 13.1. The van der Waals surface area contributed by atoms with E-state index in [1.807, 2.05) is 0 Å². The van der Waals surface area contributed by atoms with Crippen molar-refractivity contribution in [2.75, 3.05) is 6.26 Å². The lowest BCUT2D eigenvalue weighted by Crippen LogP contribution is -2.20. The molecule has 1 amide bonds. The Hall–Kier alpha value is -2.19. The van der Waals surface area contributed by atoms with Crippen LogP contribution >= 0.6 is 11.6 Å². The summed E-state index contributed by atoms with van der Waals surface area (Å²) < 4.78 is 27.2. The molecule has 1 aromatic heterocycles. The molecule has 22 heavy (non-hydrogen) atoms. The molecular formula is C13H12ClN3O4S. The molecule has 0 aliphatic heterocycles. The molecule has 1 N–H and O–H groups in total. The Kier molecular flexibility index (Phi) is 4.94. The topological polar surface area (TPSA) is 102 Å². The van der Waals surface area contributed by atoms with Crippen molar-refractivity contribution in [3.8, 4) is 0 Å². The summed E-state index contributed by atoms with van der Waals surface area (Å²) in [5, 5.41) is 9.55. The molecule has 1 aromatic carbocycles. The molecule has 0 unspecified atom stereocenters. The van der Waals surface area contributed by atoms with Crippen molar-refractivity contribution in [1.29, 1.82) is 0 Å². The number of nitrogens with one attached hydrogen (secondary N) is 1. The van der Waals surface area contributed by atoms with E-state index in [-0.39, 0.29) is 18.3 Å². The zero-order chi connectivity index (χ0) is 16.2. The van der Waals surface area contributed by atoms with Crippen LogP contribution in [0.2, 0.25) is 5.02 Å². The number of hydrogen-bond donors (Lipinski definition) is 1. The van der Waals surface area contributed by atoms with Gasteiger partial charge in [-0.05, 0) is 23.8 Å². The van der Waals surface area contributed by atoms with Crippen molar-refractivity contribution >= 4 is 33.4 Å². The fraction of sp³-hybridized carbons (Fsp3) is 0.154. The quantitative estimate of drug-likeness (QED) is 0.826. The third kappa shape index (κ3) is 4.68. The molecule has 0 atom stereocenters. The summed E-state index contributed by atoms with van der Waals surface area (Å²) in [5.74, 6) is -0.372. The lowest BCUT2D eigenvalue weighted by Gasteiger charge is -1.97. The number of nitrogens with zero attached hydrogens (tertiary/aromatic N) is 2. The van der Waals surface area contributed by atoms with Crippen LogP contribution in [0.1, 0.15) is 11.5 Å². The number of sulfone groups is 1. The number of benzene rings is 1. The summed E-state index contributed by atoms with van der Waals surface area (Å²) in [6.07, 6.45) is 3.90. The number of rotatable bonds is 5. The average molecular weight is 342 g/mol. The van der Waals surface area contributed by atoms with Crippen molar-refractivity contribution in [3.63, 3.8) is 0 Å². The highest BCUT2D eigenvalue weighted by Crippen LogP contribution is 2.10. The van der Waals surface area contributed by atoms with Crippen LogP contribution in [-0.2, 0) is 21.2 Å². The van der Waals surface area contributed by atoms with Gasteiger partial charge in [0.15, 0.2) is 0 Å². The molecule has 7 nitrogen and oxygen atoms in total. The molecule has 0 aliphatic carbocycles. The van der Waals surface area contributed by atoms with Gasteiger partial charge in [0.25, 0.3) is 0 Å². The first-order valence-corrected chi connectivity index (χ1v) is 8.35. The number of halogens is 1. The summed E-state index contributed by atoms with van der Waals surface area (Å²) in [5.41, 5.74) is 0.816. The second kappa shape index (κ2) is 6.71. The van der Waals surface area contributed by atoms with Gasteiger partial charge >= 0.3 is 5.22 Å². The molecule has 0 fully saturated rings. The monoisotopic (exact) mass is 341 g/mol. The number of amides is 1. The summed E-state index contributed by atoms with van der Waals surface area (Å²) in [4.78, 5) is 11.6. The second-order valence-corrected chi connectivity index (χ2v) is 6.67.